The maximum absolute atomic E-state index is 12.5. The number of sulfonamides is 1. The largest absolute Gasteiger partial charge is 0.321 e. The molecule has 8 heteroatoms. The molecule has 1 amide bonds. The third kappa shape index (κ3) is 4.49. The van der Waals surface area contributed by atoms with Gasteiger partial charge in [0.15, 0.2) is 0 Å². The molecular formula is C20H14ClN3O3S. The number of amides is 1. The third-order valence-electron chi connectivity index (χ3n) is 3.80. The standard InChI is InChI=1S/C20H14ClN3O3S/c21-16-8-10-18(11-9-16)28(26,27)24-17-6-3-5-14(12-17)20(25)23-19-7-2-1-4-15(19)13-22/h1-12,24H,(H,23,25). The van der Waals surface area contributed by atoms with Crippen LogP contribution in [0.3, 0.4) is 0 Å². The molecule has 0 aromatic heterocycles. The average Bonchev–Trinajstić information content (AvgIpc) is 2.68. The van der Waals surface area contributed by atoms with Crippen molar-refractivity contribution in [3.05, 3.63) is 88.9 Å². The number of nitrogens with one attached hydrogen (secondary N) is 2. The highest BCUT2D eigenvalue weighted by atomic mass is 35.5. The summed E-state index contributed by atoms with van der Waals surface area (Å²) < 4.78 is 27.4. The van der Waals surface area contributed by atoms with Crippen molar-refractivity contribution < 1.29 is 13.2 Å². The molecule has 0 spiro atoms. The number of para-hydroxylation sites is 1. The first kappa shape index (κ1) is 19.4. The molecule has 2 N–H and O–H groups in total. The van der Waals surface area contributed by atoms with E-state index in [9.17, 15) is 13.2 Å². The van der Waals surface area contributed by atoms with Crippen LogP contribution in [0.4, 0.5) is 11.4 Å². The first-order valence-corrected chi connectivity index (χ1v) is 9.94. The van der Waals surface area contributed by atoms with Crippen molar-refractivity contribution in [1.82, 2.24) is 0 Å². The number of nitriles is 1. The number of carbonyl (C=O) groups excluding carboxylic acids is 1. The Bertz CT molecular complexity index is 1170. The summed E-state index contributed by atoms with van der Waals surface area (Å²) in [5, 5.41) is 12.2. The van der Waals surface area contributed by atoms with Crippen LogP contribution in [0.25, 0.3) is 0 Å². The number of halogens is 1. The van der Waals surface area contributed by atoms with Gasteiger partial charge in [-0.15, -0.1) is 0 Å². The second kappa shape index (κ2) is 8.13. The first-order chi connectivity index (χ1) is 13.4. The Labute approximate surface area is 167 Å². The van der Waals surface area contributed by atoms with Crippen LogP contribution in [0.2, 0.25) is 5.02 Å². The van der Waals surface area contributed by atoms with Gasteiger partial charge in [-0.3, -0.25) is 9.52 Å². The lowest BCUT2D eigenvalue weighted by atomic mass is 10.1. The van der Waals surface area contributed by atoms with Crippen LogP contribution in [0.5, 0.6) is 0 Å². The molecule has 0 unspecified atom stereocenters. The van der Waals surface area contributed by atoms with Crippen LogP contribution in [0.1, 0.15) is 15.9 Å². The van der Waals surface area contributed by atoms with Gasteiger partial charge in [-0.1, -0.05) is 29.8 Å². The normalized spacial score (nSPS) is 10.7. The van der Waals surface area contributed by atoms with Crippen molar-refractivity contribution >= 4 is 38.9 Å². The van der Waals surface area contributed by atoms with E-state index in [1.54, 1.807) is 36.4 Å². The van der Waals surface area contributed by atoms with Gasteiger partial charge in [0.2, 0.25) is 0 Å². The molecule has 3 aromatic rings. The number of anilines is 2. The average molecular weight is 412 g/mol. The van der Waals surface area contributed by atoms with E-state index in [1.165, 1.54) is 36.4 Å². The van der Waals surface area contributed by atoms with E-state index >= 15 is 0 Å². The third-order valence-corrected chi connectivity index (χ3v) is 5.45. The van der Waals surface area contributed by atoms with Gasteiger partial charge in [0.25, 0.3) is 15.9 Å². The molecule has 0 aliphatic carbocycles. The maximum atomic E-state index is 12.5. The predicted molar refractivity (Wildman–Crippen MR) is 108 cm³/mol. The minimum atomic E-state index is -3.83. The lowest BCUT2D eigenvalue weighted by molar-refractivity contribution is 0.102. The quantitative estimate of drug-likeness (QED) is 0.655. The topological polar surface area (TPSA) is 99.1 Å². The molecule has 28 heavy (non-hydrogen) atoms. The Hall–Kier alpha value is -3.34. The molecule has 0 radical (unpaired) electrons. The van der Waals surface area contributed by atoms with Crippen molar-refractivity contribution in [2.24, 2.45) is 0 Å². The molecule has 0 aliphatic rings. The Morgan fingerprint density at radius 1 is 0.964 bits per heavy atom. The van der Waals surface area contributed by atoms with Gasteiger partial charge in [-0.25, -0.2) is 8.42 Å². The molecule has 0 heterocycles. The van der Waals surface area contributed by atoms with Gasteiger partial charge >= 0.3 is 0 Å². The summed E-state index contributed by atoms with van der Waals surface area (Å²) in [5.41, 5.74) is 1.18. The van der Waals surface area contributed by atoms with Crippen LogP contribution in [-0.2, 0) is 10.0 Å². The van der Waals surface area contributed by atoms with Crippen molar-refractivity contribution in [3.63, 3.8) is 0 Å². The van der Waals surface area contributed by atoms with Crippen molar-refractivity contribution in [2.45, 2.75) is 4.90 Å². The molecular weight excluding hydrogens is 398 g/mol. The smallest absolute Gasteiger partial charge is 0.261 e. The molecule has 6 nitrogen and oxygen atoms in total. The number of nitrogens with zero attached hydrogens (tertiary/aromatic N) is 1. The lowest BCUT2D eigenvalue weighted by Gasteiger charge is -2.10. The first-order valence-electron chi connectivity index (χ1n) is 8.08. The Balaban J connectivity index is 1.81. The lowest BCUT2D eigenvalue weighted by Crippen LogP contribution is -2.15. The van der Waals surface area contributed by atoms with Crippen molar-refractivity contribution in [1.29, 1.82) is 5.26 Å². The summed E-state index contributed by atoms with van der Waals surface area (Å²) in [6.07, 6.45) is 0. The zero-order chi connectivity index (χ0) is 20.1. The minimum Gasteiger partial charge on any atom is -0.321 e. The highest BCUT2D eigenvalue weighted by molar-refractivity contribution is 7.92. The summed E-state index contributed by atoms with van der Waals surface area (Å²) in [7, 11) is -3.83. The predicted octanol–water partition coefficient (Wildman–Crippen LogP) is 4.26. The van der Waals surface area contributed by atoms with E-state index in [-0.39, 0.29) is 16.1 Å². The van der Waals surface area contributed by atoms with Gasteiger partial charge in [0.1, 0.15) is 6.07 Å². The molecule has 0 bridgehead atoms. The molecule has 0 atom stereocenters. The molecule has 3 rings (SSSR count). The van der Waals surface area contributed by atoms with Crippen LogP contribution in [0, 0.1) is 11.3 Å². The van der Waals surface area contributed by atoms with Crippen LogP contribution in [-0.4, -0.2) is 14.3 Å². The summed E-state index contributed by atoms with van der Waals surface area (Å²) in [4.78, 5) is 12.5. The fourth-order valence-corrected chi connectivity index (χ4v) is 3.61. The maximum Gasteiger partial charge on any atom is 0.261 e. The second-order valence-electron chi connectivity index (χ2n) is 5.75. The molecule has 0 fully saturated rings. The monoisotopic (exact) mass is 411 g/mol. The summed E-state index contributed by atoms with van der Waals surface area (Å²) in [6, 6.07) is 20.4. The molecule has 140 valence electrons. The number of hydrogen-bond donors (Lipinski definition) is 2. The van der Waals surface area contributed by atoms with Crippen LogP contribution < -0.4 is 10.0 Å². The minimum absolute atomic E-state index is 0.0507. The second-order valence-corrected chi connectivity index (χ2v) is 7.87. The van der Waals surface area contributed by atoms with E-state index in [0.29, 0.717) is 16.3 Å². The number of hydrogen-bond acceptors (Lipinski definition) is 4. The van der Waals surface area contributed by atoms with Gasteiger partial charge < -0.3 is 5.32 Å². The van der Waals surface area contributed by atoms with E-state index in [2.05, 4.69) is 10.0 Å². The van der Waals surface area contributed by atoms with E-state index < -0.39 is 15.9 Å². The van der Waals surface area contributed by atoms with Gasteiger partial charge in [0.05, 0.1) is 16.1 Å². The molecule has 0 saturated carbocycles. The van der Waals surface area contributed by atoms with Gasteiger partial charge in [-0.05, 0) is 54.6 Å². The zero-order valence-corrected chi connectivity index (χ0v) is 16.0. The molecule has 3 aromatic carbocycles. The fourth-order valence-electron chi connectivity index (χ4n) is 2.44. The Kier molecular flexibility index (Phi) is 5.64. The fraction of sp³-hybridized carbons (Fsp3) is 0. The molecule has 0 aliphatic heterocycles. The SMILES string of the molecule is N#Cc1ccccc1NC(=O)c1cccc(NS(=O)(=O)c2ccc(Cl)cc2)c1. The Morgan fingerprint density at radius 2 is 1.68 bits per heavy atom. The van der Waals surface area contributed by atoms with Crippen molar-refractivity contribution in [2.75, 3.05) is 10.0 Å². The van der Waals surface area contributed by atoms with Crippen LogP contribution in [0.15, 0.2) is 77.7 Å². The van der Waals surface area contributed by atoms with Crippen molar-refractivity contribution in [3.8, 4) is 6.07 Å². The number of rotatable bonds is 5. The molecule has 0 saturated heterocycles. The highest BCUT2D eigenvalue weighted by Crippen LogP contribution is 2.20. The van der Waals surface area contributed by atoms with Crippen LogP contribution >= 0.6 is 11.6 Å². The van der Waals surface area contributed by atoms with E-state index in [0.717, 1.165) is 0 Å². The van der Waals surface area contributed by atoms with E-state index in [4.69, 9.17) is 16.9 Å². The van der Waals surface area contributed by atoms with E-state index in [1.807, 2.05) is 6.07 Å². The van der Waals surface area contributed by atoms with Gasteiger partial charge in [0, 0.05) is 16.3 Å². The number of benzene rings is 3. The highest BCUT2D eigenvalue weighted by Gasteiger charge is 2.15. The summed E-state index contributed by atoms with van der Waals surface area (Å²) in [6.45, 7) is 0. The summed E-state index contributed by atoms with van der Waals surface area (Å²) in [5.74, 6) is -0.463. The van der Waals surface area contributed by atoms with Gasteiger partial charge in [-0.2, -0.15) is 5.26 Å². The zero-order valence-electron chi connectivity index (χ0n) is 14.4. The summed E-state index contributed by atoms with van der Waals surface area (Å²) >= 11 is 5.79. The Morgan fingerprint density at radius 3 is 2.39 bits per heavy atom. The number of carbonyl (C=O) groups is 1.